The van der Waals surface area contributed by atoms with E-state index in [1.165, 1.54) is 6.33 Å². The van der Waals surface area contributed by atoms with Crippen LogP contribution in [0.2, 0.25) is 0 Å². The van der Waals surface area contributed by atoms with Crippen molar-refractivity contribution < 1.29 is 9.53 Å². The van der Waals surface area contributed by atoms with Crippen molar-refractivity contribution in [3.63, 3.8) is 0 Å². The standard InChI is InChI=1S/C30H36N6O2/c1-30(2,3)35-29(37)34-22-12-14-23(15-13-22)36-17-25(26-27(31)32-19-33-28(26)36)21-10-7-11-24(16-21)38-18-20-8-5-4-6-9-20/h4-11,16-17,19,22-23H,12-15,18H2,1-3H3,(H2,31,32,33)(H2,34,35,37)/t22-,23+. The summed E-state index contributed by atoms with van der Waals surface area (Å²) in [6, 6.07) is 18.5. The Morgan fingerprint density at radius 2 is 1.82 bits per heavy atom. The van der Waals surface area contributed by atoms with Crippen LogP contribution in [0, 0.1) is 0 Å². The van der Waals surface area contributed by atoms with E-state index in [9.17, 15) is 4.79 Å². The Kier molecular flexibility index (Phi) is 7.22. The van der Waals surface area contributed by atoms with Crippen LogP contribution >= 0.6 is 0 Å². The van der Waals surface area contributed by atoms with E-state index < -0.39 is 0 Å². The number of nitrogens with one attached hydrogen (secondary N) is 2. The molecular formula is C30H36N6O2. The zero-order chi connectivity index (χ0) is 26.7. The summed E-state index contributed by atoms with van der Waals surface area (Å²) in [5.74, 6) is 1.26. The Bertz CT molecular complexity index is 1400. The predicted molar refractivity (Wildman–Crippen MR) is 151 cm³/mol. The molecule has 2 heterocycles. The quantitative estimate of drug-likeness (QED) is 0.301. The van der Waals surface area contributed by atoms with Crippen molar-refractivity contribution in [3.05, 3.63) is 72.7 Å². The lowest BCUT2D eigenvalue weighted by molar-refractivity contribution is 0.219. The second-order valence-electron chi connectivity index (χ2n) is 11.1. The number of aromatic nitrogens is 3. The van der Waals surface area contributed by atoms with Crippen molar-refractivity contribution in [2.45, 2.75) is 70.7 Å². The summed E-state index contributed by atoms with van der Waals surface area (Å²) < 4.78 is 8.33. The minimum Gasteiger partial charge on any atom is -0.489 e. The largest absolute Gasteiger partial charge is 0.489 e. The van der Waals surface area contributed by atoms with E-state index >= 15 is 0 Å². The van der Waals surface area contributed by atoms with Gasteiger partial charge in [0.2, 0.25) is 0 Å². The van der Waals surface area contributed by atoms with Crippen LogP contribution in [0.15, 0.2) is 67.1 Å². The Morgan fingerprint density at radius 3 is 2.55 bits per heavy atom. The van der Waals surface area contributed by atoms with E-state index in [0.717, 1.165) is 59.2 Å². The van der Waals surface area contributed by atoms with E-state index in [0.29, 0.717) is 12.4 Å². The van der Waals surface area contributed by atoms with Gasteiger partial charge in [0.15, 0.2) is 0 Å². The molecule has 1 saturated carbocycles. The average Bonchev–Trinajstić information content (AvgIpc) is 3.29. The molecule has 0 unspecified atom stereocenters. The van der Waals surface area contributed by atoms with Crippen molar-refractivity contribution in [2.24, 2.45) is 0 Å². The minimum atomic E-state index is -0.259. The SMILES string of the molecule is CC(C)(C)NC(=O)N[C@H]1CC[C@@H](n2cc(-c3cccc(OCc4ccccc4)c3)c3c(N)ncnc32)CC1. The van der Waals surface area contributed by atoms with E-state index in [1.54, 1.807) is 0 Å². The molecule has 0 aliphatic heterocycles. The van der Waals surface area contributed by atoms with Crippen molar-refractivity contribution in [1.82, 2.24) is 25.2 Å². The first-order valence-electron chi connectivity index (χ1n) is 13.2. The fraction of sp³-hybridized carbons (Fsp3) is 0.367. The summed E-state index contributed by atoms with van der Waals surface area (Å²) in [5.41, 5.74) is 10.1. The van der Waals surface area contributed by atoms with Gasteiger partial charge in [-0.2, -0.15) is 0 Å². The van der Waals surface area contributed by atoms with Gasteiger partial charge in [-0.1, -0.05) is 42.5 Å². The minimum absolute atomic E-state index is 0.107. The third-order valence-electron chi connectivity index (χ3n) is 6.95. The molecular weight excluding hydrogens is 476 g/mol. The van der Waals surface area contributed by atoms with Gasteiger partial charge in [-0.05, 0) is 69.7 Å². The molecule has 198 valence electrons. The zero-order valence-electron chi connectivity index (χ0n) is 22.3. The van der Waals surface area contributed by atoms with E-state index in [1.807, 2.05) is 57.2 Å². The molecule has 0 spiro atoms. The number of nitrogens with zero attached hydrogens (tertiary/aromatic N) is 3. The molecule has 4 aromatic rings. The van der Waals surface area contributed by atoms with Gasteiger partial charge in [0.1, 0.15) is 30.1 Å². The third kappa shape index (κ3) is 5.90. The van der Waals surface area contributed by atoms with Gasteiger partial charge >= 0.3 is 6.03 Å². The fourth-order valence-corrected chi connectivity index (χ4v) is 5.16. The Hall–Kier alpha value is -4.07. The highest BCUT2D eigenvalue weighted by Crippen LogP contribution is 2.38. The second-order valence-corrected chi connectivity index (χ2v) is 11.1. The number of anilines is 1. The average molecular weight is 513 g/mol. The van der Waals surface area contributed by atoms with Gasteiger partial charge in [-0.3, -0.25) is 0 Å². The number of urea groups is 1. The number of rotatable bonds is 6. The Morgan fingerprint density at radius 1 is 1.05 bits per heavy atom. The highest BCUT2D eigenvalue weighted by atomic mass is 16.5. The predicted octanol–water partition coefficient (Wildman–Crippen LogP) is 5.84. The van der Waals surface area contributed by atoms with Crippen LogP contribution in [0.3, 0.4) is 0 Å². The number of ether oxygens (including phenoxy) is 1. The Balaban J connectivity index is 1.35. The maximum atomic E-state index is 12.3. The number of fused-ring (bicyclic) bond motifs is 1. The fourth-order valence-electron chi connectivity index (χ4n) is 5.16. The number of nitrogen functional groups attached to an aromatic ring is 1. The lowest BCUT2D eigenvalue weighted by atomic mass is 9.91. The highest BCUT2D eigenvalue weighted by Gasteiger charge is 2.27. The number of carbonyl (C=O) groups is 1. The second kappa shape index (κ2) is 10.7. The van der Waals surface area contributed by atoms with E-state index in [4.69, 9.17) is 10.5 Å². The first-order chi connectivity index (χ1) is 18.3. The molecule has 1 aliphatic carbocycles. The van der Waals surface area contributed by atoms with Crippen molar-refractivity contribution in [1.29, 1.82) is 0 Å². The van der Waals surface area contributed by atoms with Crippen molar-refractivity contribution >= 4 is 22.9 Å². The first kappa shape index (κ1) is 25.6. The Labute approximate surface area is 223 Å². The van der Waals surface area contributed by atoms with E-state index in [-0.39, 0.29) is 23.7 Å². The molecule has 2 aromatic carbocycles. The summed E-state index contributed by atoms with van der Waals surface area (Å²) >= 11 is 0. The lowest BCUT2D eigenvalue weighted by Crippen LogP contribution is -2.50. The molecule has 0 atom stereocenters. The molecule has 1 aliphatic rings. The van der Waals surface area contributed by atoms with Gasteiger partial charge in [-0.25, -0.2) is 14.8 Å². The molecule has 0 saturated heterocycles. The molecule has 8 nitrogen and oxygen atoms in total. The monoisotopic (exact) mass is 512 g/mol. The highest BCUT2D eigenvalue weighted by molar-refractivity contribution is 6.00. The van der Waals surface area contributed by atoms with Crippen LogP contribution in [0.1, 0.15) is 58.1 Å². The van der Waals surface area contributed by atoms with Crippen LogP contribution in [0.4, 0.5) is 10.6 Å². The molecule has 8 heteroatoms. The maximum Gasteiger partial charge on any atom is 0.315 e. The number of hydrogen-bond acceptors (Lipinski definition) is 5. The molecule has 2 aromatic heterocycles. The van der Waals surface area contributed by atoms with Crippen LogP contribution in [0.25, 0.3) is 22.2 Å². The third-order valence-corrected chi connectivity index (χ3v) is 6.95. The van der Waals surface area contributed by atoms with Gasteiger partial charge in [0.25, 0.3) is 0 Å². The smallest absolute Gasteiger partial charge is 0.315 e. The number of benzene rings is 2. The summed E-state index contributed by atoms with van der Waals surface area (Å²) in [4.78, 5) is 21.3. The van der Waals surface area contributed by atoms with Crippen molar-refractivity contribution in [3.8, 4) is 16.9 Å². The molecule has 38 heavy (non-hydrogen) atoms. The van der Waals surface area contributed by atoms with Crippen LogP contribution in [-0.4, -0.2) is 32.1 Å². The zero-order valence-corrected chi connectivity index (χ0v) is 22.3. The normalized spacial score (nSPS) is 17.8. The molecule has 0 bridgehead atoms. The molecule has 5 rings (SSSR count). The number of hydrogen-bond donors (Lipinski definition) is 3. The summed E-state index contributed by atoms with van der Waals surface area (Å²) in [5, 5.41) is 6.98. The van der Waals surface area contributed by atoms with Gasteiger partial charge < -0.3 is 25.7 Å². The number of amides is 2. The summed E-state index contributed by atoms with van der Waals surface area (Å²) in [6.45, 7) is 6.45. The molecule has 2 amide bonds. The molecule has 4 N–H and O–H groups in total. The number of nitrogens with two attached hydrogens (primary N) is 1. The van der Waals surface area contributed by atoms with Crippen LogP contribution in [0.5, 0.6) is 5.75 Å². The molecule has 0 radical (unpaired) electrons. The molecule has 1 fully saturated rings. The number of carbonyl (C=O) groups excluding carboxylic acids is 1. The first-order valence-corrected chi connectivity index (χ1v) is 13.2. The maximum absolute atomic E-state index is 12.3. The summed E-state index contributed by atoms with van der Waals surface area (Å²) in [6.07, 6.45) is 7.36. The van der Waals surface area contributed by atoms with Gasteiger partial charge in [-0.15, -0.1) is 0 Å². The summed E-state index contributed by atoms with van der Waals surface area (Å²) in [7, 11) is 0. The van der Waals surface area contributed by atoms with Crippen LogP contribution in [-0.2, 0) is 6.61 Å². The van der Waals surface area contributed by atoms with E-state index in [2.05, 4.69) is 49.6 Å². The topological polar surface area (TPSA) is 107 Å². The van der Waals surface area contributed by atoms with Crippen molar-refractivity contribution in [2.75, 3.05) is 5.73 Å². The van der Waals surface area contributed by atoms with Gasteiger partial charge in [0, 0.05) is 29.4 Å². The van der Waals surface area contributed by atoms with Crippen LogP contribution < -0.4 is 21.1 Å². The lowest BCUT2D eigenvalue weighted by Gasteiger charge is -2.31. The van der Waals surface area contributed by atoms with Gasteiger partial charge in [0.05, 0.1) is 5.39 Å².